The van der Waals surface area contributed by atoms with E-state index in [4.69, 9.17) is 20.6 Å². The quantitative estimate of drug-likeness (QED) is 0.154. The van der Waals surface area contributed by atoms with Crippen molar-refractivity contribution in [2.75, 3.05) is 6.54 Å². The number of imide groups is 1. The lowest BCUT2D eigenvalue weighted by Gasteiger charge is -2.32. The molecule has 41 heavy (non-hydrogen) atoms. The Morgan fingerprint density at radius 2 is 1.71 bits per heavy atom. The van der Waals surface area contributed by atoms with Gasteiger partial charge in [-0.3, -0.25) is 15.0 Å². The lowest BCUT2D eigenvalue weighted by molar-refractivity contribution is -0.164. The molecule has 5 N–H and O–H groups in total. The zero-order valence-corrected chi connectivity index (χ0v) is 23.5. The lowest BCUT2D eigenvalue weighted by Crippen LogP contribution is -2.58. The molecule has 0 radical (unpaired) electrons. The highest BCUT2D eigenvalue weighted by atomic mass is 16.6. The number of rotatable bonds is 9. The number of alkyl carbamates (subject to hydrolysis) is 1. The highest BCUT2D eigenvalue weighted by Crippen LogP contribution is 2.30. The number of nitrogens with one attached hydrogen (secondary N) is 3. The van der Waals surface area contributed by atoms with Gasteiger partial charge in [0.2, 0.25) is 5.91 Å². The third-order valence-electron chi connectivity index (χ3n) is 6.10. The maximum atomic E-state index is 13.6. The number of carbonyl (C=O) groups excluding carboxylic acids is 5. The summed E-state index contributed by atoms with van der Waals surface area (Å²) < 4.78 is 10.6. The standard InChI is InChI=1S/C28H34N6O7/c1-17(35)33(34-24(37)28(5,32-25(34)38)20-13-11-19(12-14-20)22(29)30)15-21(23(36)41-27(2,3)4)31-26(39)40-16-18-9-7-6-8-10-18/h6-14,21H,15-16H2,1-5H3,(H3,29,30)(H,31,39)(H,32,38)/t21-,28+/m0/s1. The number of benzene rings is 2. The number of hydrogen-bond acceptors (Lipinski definition) is 8. The van der Waals surface area contributed by atoms with Gasteiger partial charge < -0.3 is 25.8 Å². The van der Waals surface area contributed by atoms with Crippen LogP contribution in [0.3, 0.4) is 0 Å². The molecule has 0 bridgehead atoms. The minimum Gasteiger partial charge on any atom is -0.458 e. The van der Waals surface area contributed by atoms with Gasteiger partial charge in [-0.25, -0.2) is 19.4 Å². The topological polar surface area (TPSA) is 184 Å². The van der Waals surface area contributed by atoms with E-state index in [0.717, 1.165) is 11.9 Å². The molecule has 2 aromatic carbocycles. The minimum atomic E-state index is -1.58. The van der Waals surface area contributed by atoms with Gasteiger partial charge in [0.05, 0.1) is 6.54 Å². The number of nitrogens with two attached hydrogens (primary N) is 1. The Balaban J connectivity index is 1.85. The van der Waals surface area contributed by atoms with Crippen LogP contribution >= 0.6 is 0 Å². The number of hydrogen-bond donors (Lipinski definition) is 4. The van der Waals surface area contributed by atoms with Crippen molar-refractivity contribution in [2.24, 2.45) is 5.73 Å². The molecule has 1 fully saturated rings. The van der Waals surface area contributed by atoms with E-state index in [-0.39, 0.29) is 12.4 Å². The van der Waals surface area contributed by atoms with E-state index in [2.05, 4.69) is 10.6 Å². The molecule has 3 rings (SSSR count). The van der Waals surface area contributed by atoms with Crippen LogP contribution in [-0.2, 0) is 36.0 Å². The molecule has 1 saturated heterocycles. The van der Waals surface area contributed by atoms with Gasteiger partial charge in [0.15, 0.2) is 0 Å². The average molecular weight is 567 g/mol. The largest absolute Gasteiger partial charge is 0.458 e. The summed E-state index contributed by atoms with van der Waals surface area (Å²) in [6.45, 7) is 6.74. The maximum Gasteiger partial charge on any atom is 0.408 e. The highest BCUT2D eigenvalue weighted by molar-refractivity contribution is 6.08. The van der Waals surface area contributed by atoms with Gasteiger partial charge in [-0.2, -0.15) is 5.01 Å². The lowest BCUT2D eigenvalue weighted by atomic mass is 9.91. The Labute approximate surface area is 237 Å². The molecule has 0 aromatic heterocycles. The van der Waals surface area contributed by atoms with Crippen LogP contribution in [0.4, 0.5) is 9.59 Å². The van der Waals surface area contributed by atoms with Crippen molar-refractivity contribution in [1.82, 2.24) is 20.7 Å². The van der Waals surface area contributed by atoms with Gasteiger partial charge in [0.25, 0.3) is 5.91 Å². The van der Waals surface area contributed by atoms with Crippen LogP contribution in [-0.4, -0.2) is 63.9 Å². The Hall–Kier alpha value is -4.94. The number of urea groups is 1. The van der Waals surface area contributed by atoms with Crippen molar-refractivity contribution in [2.45, 2.75) is 58.4 Å². The summed E-state index contributed by atoms with van der Waals surface area (Å²) >= 11 is 0. The molecule has 0 aliphatic carbocycles. The number of esters is 1. The van der Waals surface area contributed by atoms with Crippen LogP contribution in [0.2, 0.25) is 0 Å². The molecule has 0 saturated carbocycles. The fourth-order valence-electron chi connectivity index (χ4n) is 4.01. The summed E-state index contributed by atoms with van der Waals surface area (Å²) in [5.74, 6) is -2.63. The molecule has 1 heterocycles. The monoisotopic (exact) mass is 566 g/mol. The molecule has 13 heteroatoms. The van der Waals surface area contributed by atoms with Gasteiger partial charge in [0, 0.05) is 12.5 Å². The number of nitrogens with zero attached hydrogens (tertiary/aromatic N) is 2. The number of amides is 5. The SMILES string of the molecule is CC(=O)N(C[C@H](NC(=O)OCc1ccccc1)C(=O)OC(C)(C)C)N1C(=O)N[C@](C)(c2ccc(C(=N)N)cc2)C1=O. The summed E-state index contributed by atoms with van der Waals surface area (Å²) in [6.07, 6.45) is -0.971. The van der Waals surface area contributed by atoms with Gasteiger partial charge in [-0.05, 0) is 38.8 Å². The van der Waals surface area contributed by atoms with Crippen LogP contribution in [0.1, 0.15) is 51.3 Å². The zero-order chi connectivity index (χ0) is 30.5. The second kappa shape index (κ2) is 12.1. The number of nitrogen functional groups attached to an aromatic ring is 1. The Morgan fingerprint density at radius 1 is 1.10 bits per heavy atom. The van der Waals surface area contributed by atoms with E-state index in [0.29, 0.717) is 21.7 Å². The van der Waals surface area contributed by atoms with Crippen molar-refractivity contribution in [3.8, 4) is 0 Å². The molecule has 218 valence electrons. The minimum absolute atomic E-state index is 0.0854. The third kappa shape index (κ3) is 7.38. The van der Waals surface area contributed by atoms with Crippen LogP contribution in [0, 0.1) is 5.41 Å². The van der Waals surface area contributed by atoms with Crippen molar-refractivity contribution in [3.05, 3.63) is 71.3 Å². The summed E-state index contributed by atoms with van der Waals surface area (Å²) in [5.41, 5.74) is 4.47. The summed E-state index contributed by atoms with van der Waals surface area (Å²) in [4.78, 5) is 65.2. The third-order valence-corrected chi connectivity index (χ3v) is 6.10. The molecule has 0 spiro atoms. The Bertz CT molecular complexity index is 1340. The molecule has 1 aliphatic heterocycles. The molecule has 0 unspecified atom stereocenters. The Morgan fingerprint density at radius 3 is 2.24 bits per heavy atom. The van der Waals surface area contributed by atoms with E-state index in [1.807, 2.05) is 0 Å². The smallest absolute Gasteiger partial charge is 0.408 e. The molecule has 5 amide bonds. The first-order chi connectivity index (χ1) is 19.1. The molecule has 13 nitrogen and oxygen atoms in total. The zero-order valence-electron chi connectivity index (χ0n) is 23.5. The summed E-state index contributed by atoms with van der Waals surface area (Å²) in [7, 11) is 0. The molecular weight excluding hydrogens is 532 g/mol. The molecular formula is C28H34N6O7. The van der Waals surface area contributed by atoms with Gasteiger partial charge in [0.1, 0.15) is 29.6 Å². The molecule has 2 atom stereocenters. The second-order valence-corrected chi connectivity index (χ2v) is 10.6. The first-order valence-corrected chi connectivity index (χ1v) is 12.7. The Kier molecular flexibility index (Phi) is 9.00. The predicted octanol–water partition coefficient (Wildman–Crippen LogP) is 2.14. The fourth-order valence-corrected chi connectivity index (χ4v) is 4.01. The van der Waals surface area contributed by atoms with Gasteiger partial charge >= 0.3 is 18.1 Å². The van der Waals surface area contributed by atoms with Crippen LogP contribution in [0.25, 0.3) is 0 Å². The first kappa shape index (κ1) is 30.6. The van der Waals surface area contributed by atoms with E-state index in [9.17, 15) is 24.0 Å². The van der Waals surface area contributed by atoms with Crippen LogP contribution in [0.15, 0.2) is 54.6 Å². The molecule has 1 aliphatic rings. The number of hydrazine groups is 1. The van der Waals surface area contributed by atoms with Crippen LogP contribution < -0.4 is 16.4 Å². The van der Waals surface area contributed by atoms with Crippen molar-refractivity contribution >= 4 is 35.7 Å². The fraction of sp³-hybridized carbons (Fsp3) is 0.357. The van der Waals surface area contributed by atoms with Crippen molar-refractivity contribution in [3.63, 3.8) is 0 Å². The predicted molar refractivity (Wildman–Crippen MR) is 147 cm³/mol. The summed E-state index contributed by atoms with van der Waals surface area (Å²) in [6, 6.07) is 12.5. The van der Waals surface area contributed by atoms with E-state index >= 15 is 0 Å². The van der Waals surface area contributed by atoms with E-state index < -0.39 is 53.6 Å². The first-order valence-electron chi connectivity index (χ1n) is 12.7. The maximum absolute atomic E-state index is 13.6. The van der Waals surface area contributed by atoms with E-state index in [1.165, 1.54) is 31.2 Å². The average Bonchev–Trinajstić information content (AvgIpc) is 3.13. The number of ether oxygens (including phenoxy) is 2. The normalized spacial score (nSPS) is 17.3. The van der Waals surface area contributed by atoms with Crippen molar-refractivity contribution < 1.29 is 33.4 Å². The van der Waals surface area contributed by atoms with Crippen molar-refractivity contribution in [1.29, 1.82) is 5.41 Å². The number of amidine groups is 1. The van der Waals surface area contributed by atoms with Gasteiger partial charge in [-0.15, -0.1) is 0 Å². The second-order valence-electron chi connectivity index (χ2n) is 10.6. The van der Waals surface area contributed by atoms with Crippen LogP contribution in [0.5, 0.6) is 0 Å². The van der Waals surface area contributed by atoms with Gasteiger partial charge in [-0.1, -0.05) is 54.6 Å². The molecule has 2 aromatic rings. The summed E-state index contributed by atoms with van der Waals surface area (Å²) in [5, 5.41) is 13.9. The van der Waals surface area contributed by atoms with E-state index in [1.54, 1.807) is 51.1 Å². The highest BCUT2D eigenvalue weighted by Gasteiger charge is 2.52. The number of carbonyl (C=O) groups is 5.